The van der Waals surface area contributed by atoms with Gasteiger partial charge in [0.05, 0.1) is 5.56 Å². The molecule has 1 aromatic rings. The summed E-state index contributed by atoms with van der Waals surface area (Å²) in [5, 5.41) is 4.50. The average molecular weight is 208 g/mol. The Morgan fingerprint density at radius 3 is 2.67 bits per heavy atom. The first-order valence-corrected chi connectivity index (χ1v) is 4.87. The molecule has 0 saturated heterocycles. The van der Waals surface area contributed by atoms with E-state index in [0.717, 1.165) is 6.54 Å². The van der Waals surface area contributed by atoms with Crippen molar-refractivity contribution in [2.45, 2.75) is 0 Å². The number of nitrogens with one attached hydrogen (secondary N) is 1. The third-order valence-electron chi connectivity index (χ3n) is 1.92. The molecule has 0 spiro atoms. The maximum absolute atomic E-state index is 11.5. The molecule has 0 radical (unpaired) electrons. The van der Waals surface area contributed by atoms with Gasteiger partial charge < -0.3 is 10.2 Å². The van der Waals surface area contributed by atoms with Gasteiger partial charge in [0.25, 0.3) is 0 Å². The lowest BCUT2D eigenvalue weighted by atomic mass is 10.2. The van der Waals surface area contributed by atoms with Crippen molar-refractivity contribution in [3.63, 3.8) is 0 Å². The average Bonchev–Trinajstić information content (AvgIpc) is 2.27. The molecule has 0 saturated carbocycles. The van der Waals surface area contributed by atoms with E-state index in [1.54, 1.807) is 19.2 Å². The maximum Gasteiger partial charge on any atom is 0.357 e. The summed E-state index contributed by atoms with van der Waals surface area (Å²) >= 11 is 0. The fourth-order valence-electron chi connectivity index (χ4n) is 1.08. The van der Waals surface area contributed by atoms with Crippen molar-refractivity contribution in [3.8, 4) is 0 Å². The normalized spacial score (nSPS) is 10.3. The highest BCUT2D eigenvalue weighted by molar-refractivity contribution is 5.89. The van der Waals surface area contributed by atoms with E-state index < -0.39 is 0 Å². The Morgan fingerprint density at radius 2 is 2.07 bits per heavy atom. The largest absolute Gasteiger partial charge is 0.364 e. The number of nitrogens with zero attached hydrogens (tertiary/aromatic N) is 1. The Morgan fingerprint density at radius 1 is 1.40 bits per heavy atom. The second-order valence-electron chi connectivity index (χ2n) is 3.20. The van der Waals surface area contributed by atoms with Crippen LogP contribution in [0.2, 0.25) is 0 Å². The summed E-state index contributed by atoms with van der Waals surface area (Å²) in [5.74, 6) is -0.325. The van der Waals surface area contributed by atoms with Crippen LogP contribution in [0.5, 0.6) is 0 Å². The van der Waals surface area contributed by atoms with Gasteiger partial charge in [0.15, 0.2) is 0 Å². The monoisotopic (exact) mass is 208 g/mol. The number of carbonyl (C=O) groups is 1. The van der Waals surface area contributed by atoms with Crippen molar-refractivity contribution in [2.75, 3.05) is 27.2 Å². The molecule has 0 atom stereocenters. The number of carbonyl (C=O) groups excluding carboxylic acids is 1. The molecule has 0 amide bonds. The van der Waals surface area contributed by atoms with Crippen LogP contribution in [-0.2, 0) is 4.84 Å². The Hall–Kier alpha value is -1.39. The van der Waals surface area contributed by atoms with Gasteiger partial charge in [0.1, 0.15) is 0 Å². The number of likely N-dealkylation sites (N-methyl/N-ethyl adjacent to an activating group) is 2. The minimum Gasteiger partial charge on any atom is -0.364 e. The maximum atomic E-state index is 11.5. The summed E-state index contributed by atoms with van der Waals surface area (Å²) in [6, 6.07) is 8.94. The van der Waals surface area contributed by atoms with Gasteiger partial charge in [-0.05, 0) is 19.2 Å². The molecule has 1 rings (SSSR count). The van der Waals surface area contributed by atoms with Gasteiger partial charge >= 0.3 is 5.97 Å². The van der Waals surface area contributed by atoms with Gasteiger partial charge in [0.2, 0.25) is 0 Å². The Balaban J connectivity index is 2.42. The van der Waals surface area contributed by atoms with Crippen molar-refractivity contribution in [1.29, 1.82) is 0 Å². The molecule has 1 aromatic carbocycles. The summed E-state index contributed by atoms with van der Waals surface area (Å²) in [6.45, 7) is 1.44. The van der Waals surface area contributed by atoms with E-state index in [1.165, 1.54) is 5.06 Å². The SMILES string of the molecule is CNCCN(C)OC(=O)c1ccccc1. The first-order chi connectivity index (χ1) is 7.24. The van der Waals surface area contributed by atoms with Crippen LogP contribution in [0.4, 0.5) is 0 Å². The summed E-state index contributed by atoms with van der Waals surface area (Å²) in [5.41, 5.74) is 0.564. The summed E-state index contributed by atoms with van der Waals surface area (Å²) in [4.78, 5) is 16.6. The van der Waals surface area contributed by atoms with E-state index in [0.29, 0.717) is 12.1 Å². The van der Waals surface area contributed by atoms with Crippen LogP contribution in [-0.4, -0.2) is 38.2 Å². The number of hydroxylamine groups is 2. The minimum atomic E-state index is -0.325. The fraction of sp³-hybridized carbons (Fsp3) is 0.364. The molecule has 0 aromatic heterocycles. The number of rotatable bonds is 5. The van der Waals surface area contributed by atoms with Crippen LogP contribution in [0.1, 0.15) is 10.4 Å². The smallest absolute Gasteiger partial charge is 0.357 e. The molecule has 15 heavy (non-hydrogen) atoms. The van der Waals surface area contributed by atoms with Gasteiger partial charge in [-0.3, -0.25) is 0 Å². The summed E-state index contributed by atoms with van der Waals surface area (Å²) in [6.07, 6.45) is 0. The molecule has 0 aliphatic heterocycles. The second-order valence-corrected chi connectivity index (χ2v) is 3.20. The predicted molar refractivity (Wildman–Crippen MR) is 58.4 cm³/mol. The van der Waals surface area contributed by atoms with Crippen molar-refractivity contribution < 1.29 is 9.63 Å². The second kappa shape index (κ2) is 6.16. The van der Waals surface area contributed by atoms with Crippen LogP contribution < -0.4 is 5.32 Å². The molecule has 0 aliphatic rings. The number of hydrogen-bond donors (Lipinski definition) is 1. The Labute approximate surface area is 89.8 Å². The minimum absolute atomic E-state index is 0.325. The van der Waals surface area contributed by atoms with Crippen molar-refractivity contribution in [2.24, 2.45) is 0 Å². The zero-order valence-corrected chi connectivity index (χ0v) is 9.06. The molecule has 82 valence electrons. The van der Waals surface area contributed by atoms with Gasteiger partial charge in [-0.25, -0.2) is 4.79 Å². The quantitative estimate of drug-likeness (QED) is 0.730. The zero-order valence-electron chi connectivity index (χ0n) is 9.06. The predicted octanol–water partition coefficient (Wildman–Crippen LogP) is 0.910. The lowest BCUT2D eigenvalue weighted by Gasteiger charge is -2.15. The van der Waals surface area contributed by atoms with Gasteiger partial charge in [-0.15, -0.1) is 5.06 Å². The molecule has 1 N–H and O–H groups in total. The van der Waals surface area contributed by atoms with Crippen LogP contribution in [0.15, 0.2) is 30.3 Å². The van der Waals surface area contributed by atoms with E-state index in [2.05, 4.69) is 5.32 Å². The lowest BCUT2D eigenvalue weighted by Crippen LogP contribution is -2.29. The molecule has 4 heteroatoms. The molecule has 0 aliphatic carbocycles. The standard InChI is InChI=1S/C11H16N2O2/c1-12-8-9-13(2)15-11(14)10-6-4-3-5-7-10/h3-7,12H,8-9H2,1-2H3. The first-order valence-electron chi connectivity index (χ1n) is 4.87. The van der Waals surface area contributed by atoms with Crippen LogP contribution >= 0.6 is 0 Å². The van der Waals surface area contributed by atoms with E-state index in [1.807, 2.05) is 25.2 Å². The highest BCUT2D eigenvalue weighted by Crippen LogP contribution is 2.01. The van der Waals surface area contributed by atoms with Crippen molar-refractivity contribution in [3.05, 3.63) is 35.9 Å². The topological polar surface area (TPSA) is 41.6 Å². The number of benzene rings is 1. The molecular formula is C11H16N2O2. The lowest BCUT2D eigenvalue weighted by molar-refractivity contribution is -0.0888. The third kappa shape index (κ3) is 4.10. The fourth-order valence-corrected chi connectivity index (χ4v) is 1.08. The third-order valence-corrected chi connectivity index (χ3v) is 1.92. The summed E-state index contributed by atoms with van der Waals surface area (Å²) < 4.78 is 0. The molecule has 0 bridgehead atoms. The molecular weight excluding hydrogens is 192 g/mol. The number of hydrogen-bond acceptors (Lipinski definition) is 4. The molecule has 4 nitrogen and oxygen atoms in total. The Bertz CT molecular complexity index is 301. The van der Waals surface area contributed by atoms with Crippen LogP contribution in [0.25, 0.3) is 0 Å². The molecule has 0 fully saturated rings. The van der Waals surface area contributed by atoms with E-state index >= 15 is 0 Å². The first kappa shape index (κ1) is 11.7. The van der Waals surface area contributed by atoms with Gasteiger partial charge in [-0.1, -0.05) is 18.2 Å². The van der Waals surface area contributed by atoms with Crippen molar-refractivity contribution in [1.82, 2.24) is 10.4 Å². The van der Waals surface area contributed by atoms with E-state index in [4.69, 9.17) is 4.84 Å². The highest BCUT2D eigenvalue weighted by Gasteiger charge is 2.09. The van der Waals surface area contributed by atoms with Crippen LogP contribution in [0.3, 0.4) is 0 Å². The van der Waals surface area contributed by atoms with Gasteiger partial charge in [-0.2, -0.15) is 0 Å². The zero-order chi connectivity index (χ0) is 11.1. The highest BCUT2D eigenvalue weighted by atomic mass is 16.7. The Kier molecular flexibility index (Phi) is 4.80. The van der Waals surface area contributed by atoms with Crippen molar-refractivity contribution >= 4 is 5.97 Å². The molecule has 0 unspecified atom stereocenters. The van der Waals surface area contributed by atoms with E-state index in [-0.39, 0.29) is 5.97 Å². The molecule has 0 heterocycles. The van der Waals surface area contributed by atoms with Gasteiger partial charge in [0, 0.05) is 20.1 Å². The summed E-state index contributed by atoms with van der Waals surface area (Å²) in [7, 11) is 3.59. The van der Waals surface area contributed by atoms with Crippen LogP contribution in [0, 0.1) is 0 Å². The van der Waals surface area contributed by atoms with E-state index in [9.17, 15) is 4.79 Å².